The van der Waals surface area contributed by atoms with Gasteiger partial charge in [0.1, 0.15) is 5.75 Å². The van der Waals surface area contributed by atoms with E-state index >= 15 is 0 Å². The predicted octanol–water partition coefficient (Wildman–Crippen LogP) is 4.88. The summed E-state index contributed by atoms with van der Waals surface area (Å²) < 4.78 is 5.58. The van der Waals surface area contributed by atoms with E-state index in [1.165, 1.54) is 88.8 Å². The van der Waals surface area contributed by atoms with Crippen molar-refractivity contribution in [1.29, 1.82) is 0 Å². The number of fused-ring (bicyclic) bond motifs is 1. The molecular weight excluding hydrogens is 441 g/mol. The van der Waals surface area contributed by atoms with Crippen LogP contribution >= 0.6 is 37.2 Å². The molecule has 1 N–H and O–H groups in total. The fourth-order valence-electron chi connectivity index (χ4n) is 5.41. The Balaban J connectivity index is 0.00000150. The van der Waals surface area contributed by atoms with Crippen LogP contribution in [0.25, 0.3) is 0 Å². The Labute approximate surface area is 201 Å². The maximum absolute atomic E-state index is 5.58. The number of hydrogen-bond donors (Lipinski definition) is 1. The van der Waals surface area contributed by atoms with Crippen molar-refractivity contribution in [2.75, 3.05) is 46.4 Å². The number of ether oxygens (including phenoxy) is 1. The van der Waals surface area contributed by atoms with Crippen LogP contribution in [0.4, 0.5) is 0 Å². The van der Waals surface area contributed by atoms with Crippen LogP contribution in [0.3, 0.4) is 0 Å². The van der Waals surface area contributed by atoms with Gasteiger partial charge in [-0.3, -0.25) is 9.80 Å². The van der Waals surface area contributed by atoms with Gasteiger partial charge in [-0.2, -0.15) is 0 Å². The molecular formula is C23H40Cl3N3O. The Morgan fingerprint density at radius 1 is 0.933 bits per heavy atom. The van der Waals surface area contributed by atoms with Crippen molar-refractivity contribution in [2.45, 2.75) is 63.5 Å². The molecule has 4 rings (SSSR count). The lowest BCUT2D eigenvalue weighted by Crippen LogP contribution is -2.51. The average Bonchev–Trinajstić information content (AvgIpc) is 2.74. The predicted molar refractivity (Wildman–Crippen MR) is 133 cm³/mol. The van der Waals surface area contributed by atoms with Crippen molar-refractivity contribution in [3.8, 4) is 5.75 Å². The van der Waals surface area contributed by atoms with Crippen molar-refractivity contribution in [2.24, 2.45) is 0 Å². The highest BCUT2D eigenvalue weighted by Crippen LogP contribution is 2.35. The number of methoxy groups -OCH3 is 1. The largest absolute Gasteiger partial charge is 0.496 e. The molecule has 3 aliphatic rings. The number of nitrogens with one attached hydrogen (secondary N) is 1. The molecule has 4 nitrogen and oxygen atoms in total. The molecule has 1 aromatic rings. The first kappa shape index (κ1) is 27.8. The normalized spacial score (nSPS) is 22.8. The van der Waals surface area contributed by atoms with Gasteiger partial charge in [0.15, 0.2) is 0 Å². The summed E-state index contributed by atoms with van der Waals surface area (Å²) in [5, 5.41) is 3.84. The summed E-state index contributed by atoms with van der Waals surface area (Å²) >= 11 is 0. The van der Waals surface area contributed by atoms with Crippen LogP contribution in [-0.2, 0) is 6.42 Å². The van der Waals surface area contributed by atoms with E-state index in [9.17, 15) is 0 Å². The quantitative estimate of drug-likeness (QED) is 0.628. The van der Waals surface area contributed by atoms with Crippen LogP contribution in [-0.4, -0.2) is 62.2 Å². The maximum Gasteiger partial charge on any atom is 0.122 e. The van der Waals surface area contributed by atoms with E-state index < -0.39 is 0 Å². The molecule has 2 fully saturated rings. The molecule has 1 saturated heterocycles. The molecule has 0 spiro atoms. The van der Waals surface area contributed by atoms with E-state index in [1.807, 2.05) is 0 Å². The minimum atomic E-state index is 0. The van der Waals surface area contributed by atoms with Crippen molar-refractivity contribution in [3.63, 3.8) is 0 Å². The Morgan fingerprint density at radius 3 is 2.37 bits per heavy atom. The molecule has 1 heterocycles. The third kappa shape index (κ3) is 6.88. The molecule has 0 radical (unpaired) electrons. The van der Waals surface area contributed by atoms with E-state index in [0.29, 0.717) is 6.04 Å². The Bertz CT molecular complexity index is 605. The van der Waals surface area contributed by atoms with Crippen LogP contribution in [0.15, 0.2) is 18.2 Å². The lowest BCUT2D eigenvalue weighted by Gasteiger charge is -2.41. The van der Waals surface area contributed by atoms with Gasteiger partial charge in [0.2, 0.25) is 0 Å². The molecule has 0 bridgehead atoms. The number of hydrogen-bond acceptors (Lipinski definition) is 4. The number of benzene rings is 1. The summed E-state index contributed by atoms with van der Waals surface area (Å²) in [7, 11) is 1.79. The van der Waals surface area contributed by atoms with Gasteiger partial charge in [-0.1, -0.05) is 31.4 Å². The van der Waals surface area contributed by atoms with Gasteiger partial charge in [0, 0.05) is 51.4 Å². The first-order chi connectivity index (χ1) is 13.3. The minimum absolute atomic E-state index is 0. The zero-order valence-electron chi connectivity index (χ0n) is 18.3. The van der Waals surface area contributed by atoms with Gasteiger partial charge < -0.3 is 10.1 Å². The standard InChI is InChI=1S/C23H37N3O.3ClH/c1-27-23-12-6-9-20-21(23)10-5-11-22(20)24-13-14-25-15-17-26(18-16-25)19-7-3-2-4-8-19;;;/h6,9,12,19,22,24H,2-5,7-8,10-11,13-18H2,1H3;3*1H/t22-;;;/m1.../s1. The highest BCUT2D eigenvalue weighted by atomic mass is 35.5. The average molecular weight is 481 g/mol. The van der Waals surface area contributed by atoms with Crippen LogP contribution in [0.5, 0.6) is 5.75 Å². The summed E-state index contributed by atoms with van der Waals surface area (Å²) in [5.74, 6) is 1.07. The highest BCUT2D eigenvalue weighted by Gasteiger charge is 2.26. The van der Waals surface area contributed by atoms with Crippen molar-refractivity contribution in [3.05, 3.63) is 29.3 Å². The number of rotatable bonds is 6. The molecule has 174 valence electrons. The lowest BCUT2D eigenvalue weighted by molar-refractivity contribution is 0.0790. The van der Waals surface area contributed by atoms with Gasteiger partial charge in [0.05, 0.1) is 7.11 Å². The fraction of sp³-hybridized carbons (Fsp3) is 0.739. The van der Waals surface area contributed by atoms with Crippen LogP contribution in [0, 0.1) is 0 Å². The third-order valence-electron chi connectivity index (χ3n) is 7.00. The number of piperazine rings is 1. The summed E-state index contributed by atoms with van der Waals surface area (Å²) in [4.78, 5) is 5.42. The van der Waals surface area contributed by atoms with Crippen molar-refractivity contribution < 1.29 is 4.74 Å². The monoisotopic (exact) mass is 479 g/mol. The SMILES string of the molecule is COc1cccc2c1CCC[C@H]2NCCN1CCN(C2CCCCC2)CC1.Cl.Cl.Cl. The smallest absolute Gasteiger partial charge is 0.122 e. The lowest BCUT2D eigenvalue weighted by atomic mass is 9.87. The van der Waals surface area contributed by atoms with Gasteiger partial charge in [-0.15, -0.1) is 37.2 Å². The summed E-state index contributed by atoms with van der Waals surface area (Å²) in [6, 6.07) is 7.91. The first-order valence-electron chi connectivity index (χ1n) is 11.2. The molecule has 30 heavy (non-hydrogen) atoms. The zero-order chi connectivity index (χ0) is 18.5. The van der Waals surface area contributed by atoms with Crippen molar-refractivity contribution >= 4 is 37.2 Å². The van der Waals surface area contributed by atoms with Gasteiger partial charge in [-0.25, -0.2) is 0 Å². The third-order valence-corrected chi connectivity index (χ3v) is 7.00. The van der Waals surface area contributed by atoms with Crippen molar-refractivity contribution in [1.82, 2.24) is 15.1 Å². The second-order valence-electron chi connectivity index (χ2n) is 8.60. The van der Waals surface area contributed by atoms with E-state index in [1.54, 1.807) is 7.11 Å². The second kappa shape index (κ2) is 14.0. The second-order valence-corrected chi connectivity index (χ2v) is 8.60. The molecule has 1 saturated carbocycles. The maximum atomic E-state index is 5.58. The summed E-state index contributed by atoms with van der Waals surface area (Å²) in [6.07, 6.45) is 10.9. The van der Waals surface area contributed by atoms with Gasteiger partial charge in [-0.05, 0) is 49.3 Å². The Morgan fingerprint density at radius 2 is 1.67 bits per heavy atom. The molecule has 7 heteroatoms. The van der Waals surface area contributed by atoms with E-state index in [2.05, 4.69) is 33.3 Å². The number of nitrogens with zero attached hydrogens (tertiary/aromatic N) is 2. The molecule has 1 aromatic carbocycles. The highest BCUT2D eigenvalue weighted by molar-refractivity contribution is 5.86. The molecule has 0 unspecified atom stereocenters. The topological polar surface area (TPSA) is 27.7 Å². The van der Waals surface area contributed by atoms with E-state index in [-0.39, 0.29) is 37.2 Å². The number of halogens is 3. The van der Waals surface area contributed by atoms with E-state index in [4.69, 9.17) is 4.74 Å². The zero-order valence-corrected chi connectivity index (χ0v) is 20.8. The van der Waals surface area contributed by atoms with E-state index in [0.717, 1.165) is 24.8 Å². The Kier molecular flexibility index (Phi) is 13.0. The summed E-state index contributed by atoms with van der Waals surface area (Å²) in [6.45, 7) is 7.29. The molecule has 1 aliphatic heterocycles. The fourth-order valence-corrected chi connectivity index (χ4v) is 5.41. The molecule has 0 aromatic heterocycles. The van der Waals surface area contributed by atoms with Crippen LogP contribution in [0.2, 0.25) is 0 Å². The van der Waals surface area contributed by atoms with Crippen LogP contribution in [0.1, 0.15) is 62.1 Å². The molecule has 0 amide bonds. The van der Waals surface area contributed by atoms with Gasteiger partial charge in [0.25, 0.3) is 0 Å². The van der Waals surface area contributed by atoms with Crippen LogP contribution < -0.4 is 10.1 Å². The molecule has 1 atom stereocenters. The van der Waals surface area contributed by atoms with Gasteiger partial charge >= 0.3 is 0 Å². The molecule has 2 aliphatic carbocycles. The summed E-state index contributed by atoms with van der Waals surface area (Å²) in [5.41, 5.74) is 2.88. The minimum Gasteiger partial charge on any atom is -0.496 e. The Hall–Kier alpha value is -0.230. The first-order valence-corrected chi connectivity index (χ1v) is 11.2.